The molecule has 1 saturated carbocycles. The normalized spacial score (nSPS) is 27.8. The van der Waals surface area contributed by atoms with Crippen molar-refractivity contribution in [1.29, 1.82) is 0 Å². The first-order valence-corrected chi connectivity index (χ1v) is 7.07. The van der Waals surface area contributed by atoms with Crippen LogP contribution in [0.15, 0.2) is 0 Å². The van der Waals surface area contributed by atoms with Gasteiger partial charge in [0.05, 0.1) is 11.8 Å². The lowest BCUT2D eigenvalue weighted by Crippen LogP contribution is -2.19. The molecule has 1 aliphatic carbocycles. The molecule has 4 nitrogen and oxygen atoms in total. The number of carboxylic acids is 2. The van der Waals surface area contributed by atoms with Crippen LogP contribution in [0, 0.1) is 11.8 Å². The van der Waals surface area contributed by atoms with Crippen LogP contribution in [-0.4, -0.2) is 22.2 Å². The first-order chi connectivity index (χ1) is 8.61. The lowest BCUT2D eigenvalue weighted by molar-refractivity contribution is -0.145. The maximum absolute atomic E-state index is 11.1. The molecule has 4 heteroatoms. The molecule has 1 rings (SSSR count). The highest BCUT2D eigenvalue weighted by Crippen LogP contribution is 2.24. The van der Waals surface area contributed by atoms with E-state index in [9.17, 15) is 9.59 Å². The Morgan fingerprint density at radius 3 is 1.28 bits per heavy atom. The summed E-state index contributed by atoms with van der Waals surface area (Å²) in [7, 11) is 0. The molecule has 2 unspecified atom stereocenters. The predicted octanol–water partition coefficient (Wildman–Crippen LogP) is 3.30. The third kappa shape index (κ3) is 5.52. The molecular formula is C14H24O4. The largest absolute Gasteiger partial charge is 0.481 e. The van der Waals surface area contributed by atoms with Gasteiger partial charge in [0, 0.05) is 0 Å². The van der Waals surface area contributed by atoms with E-state index in [4.69, 9.17) is 10.2 Å². The standard InChI is InChI=1S/C14H24O4/c15-13(16)11-7-5-3-1-2-4-6-8-12(10-9-11)14(17)18/h11-12H,1-10H2,(H,15,16)(H,17,18). The molecule has 1 aliphatic rings. The van der Waals surface area contributed by atoms with Gasteiger partial charge in [0.15, 0.2) is 0 Å². The lowest BCUT2D eigenvalue weighted by Gasteiger charge is -2.17. The van der Waals surface area contributed by atoms with Gasteiger partial charge in [-0.05, 0) is 25.7 Å². The quantitative estimate of drug-likeness (QED) is 0.795. The fourth-order valence-electron chi connectivity index (χ4n) is 2.67. The van der Waals surface area contributed by atoms with Crippen LogP contribution in [-0.2, 0) is 9.59 Å². The highest BCUT2D eigenvalue weighted by atomic mass is 16.4. The van der Waals surface area contributed by atoms with Gasteiger partial charge in [0.25, 0.3) is 0 Å². The summed E-state index contributed by atoms with van der Waals surface area (Å²) in [6.07, 6.45) is 8.80. The molecule has 0 aromatic heterocycles. The number of carbonyl (C=O) groups is 2. The van der Waals surface area contributed by atoms with Gasteiger partial charge < -0.3 is 10.2 Å². The predicted molar refractivity (Wildman–Crippen MR) is 68.4 cm³/mol. The molecule has 0 bridgehead atoms. The van der Waals surface area contributed by atoms with E-state index in [1.54, 1.807) is 0 Å². The maximum Gasteiger partial charge on any atom is 0.306 e. The molecule has 0 radical (unpaired) electrons. The number of carboxylic acid groups (broad SMARTS) is 2. The van der Waals surface area contributed by atoms with Crippen molar-refractivity contribution in [2.24, 2.45) is 11.8 Å². The second-order valence-electron chi connectivity index (χ2n) is 5.35. The Labute approximate surface area is 108 Å². The van der Waals surface area contributed by atoms with Crippen LogP contribution in [0.4, 0.5) is 0 Å². The second-order valence-corrected chi connectivity index (χ2v) is 5.35. The van der Waals surface area contributed by atoms with Gasteiger partial charge in [-0.15, -0.1) is 0 Å². The summed E-state index contributed by atoms with van der Waals surface area (Å²) in [5.41, 5.74) is 0. The van der Waals surface area contributed by atoms with Crippen LogP contribution >= 0.6 is 0 Å². The Morgan fingerprint density at radius 2 is 0.944 bits per heavy atom. The van der Waals surface area contributed by atoms with Crippen LogP contribution in [0.3, 0.4) is 0 Å². The number of hydrogen-bond acceptors (Lipinski definition) is 2. The summed E-state index contributed by atoms with van der Waals surface area (Å²) in [5.74, 6) is -2.25. The number of aliphatic carboxylic acids is 2. The Morgan fingerprint density at radius 1 is 0.611 bits per heavy atom. The van der Waals surface area contributed by atoms with Gasteiger partial charge >= 0.3 is 11.9 Å². The summed E-state index contributed by atoms with van der Waals surface area (Å²) in [5, 5.41) is 18.2. The Bertz CT molecular complexity index is 247. The summed E-state index contributed by atoms with van der Waals surface area (Å²) >= 11 is 0. The average Bonchev–Trinajstić information content (AvgIpc) is 2.28. The van der Waals surface area contributed by atoms with Gasteiger partial charge in [-0.1, -0.05) is 38.5 Å². The second kappa shape index (κ2) is 8.11. The fourth-order valence-corrected chi connectivity index (χ4v) is 2.67. The molecule has 18 heavy (non-hydrogen) atoms. The molecule has 1 fully saturated rings. The van der Waals surface area contributed by atoms with E-state index in [2.05, 4.69) is 0 Å². The molecule has 0 spiro atoms. The smallest absolute Gasteiger partial charge is 0.306 e. The van der Waals surface area contributed by atoms with E-state index in [0.717, 1.165) is 38.5 Å². The minimum absolute atomic E-state index is 0.355. The summed E-state index contributed by atoms with van der Waals surface area (Å²) in [6.45, 7) is 0. The number of rotatable bonds is 2. The zero-order valence-electron chi connectivity index (χ0n) is 10.9. The highest BCUT2D eigenvalue weighted by molar-refractivity contribution is 5.71. The third-order valence-corrected chi connectivity index (χ3v) is 3.92. The molecule has 0 amide bonds. The van der Waals surface area contributed by atoms with Crippen molar-refractivity contribution in [3.05, 3.63) is 0 Å². The van der Waals surface area contributed by atoms with Gasteiger partial charge in [0.2, 0.25) is 0 Å². The minimum Gasteiger partial charge on any atom is -0.481 e. The van der Waals surface area contributed by atoms with Gasteiger partial charge in [0.1, 0.15) is 0 Å². The molecule has 0 aliphatic heterocycles. The third-order valence-electron chi connectivity index (χ3n) is 3.92. The summed E-state index contributed by atoms with van der Waals surface area (Å²) in [4.78, 5) is 22.2. The van der Waals surface area contributed by atoms with Crippen molar-refractivity contribution in [1.82, 2.24) is 0 Å². The molecule has 2 N–H and O–H groups in total. The molecule has 0 aromatic carbocycles. The molecule has 0 heterocycles. The zero-order chi connectivity index (χ0) is 13.4. The molecular weight excluding hydrogens is 232 g/mol. The van der Waals surface area contributed by atoms with Gasteiger partial charge in [-0.25, -0.2) is 0 Å². The molecule has 104 valence electrons. The monoisotopic (exact) mass is 256 g/mol. The summed E-state index contributed by atoms with van der Waals surface area (Å²) < 4.78 is 0. The van der Waals surface area contributed by atoms with E-state index < -0.39 is 11.9 Å². The lowest BCUT2D eigenvalue weighted by atomic mass is 9.88. The van der Waals surface area contributed by atoms with E-state index in [1.165, 1.54) is 0 Å². The highest BCUT2D eigenvalue weighted by Gasteiger charge is 2.23. The van der Waals surface area contributed by atoms with Crippen LogP contribution in [0.5, 0.6) is 0 Å². The summed E-state index contributed by atoms with van der Waals surface area (Å²) in [6, 6.07) is 0. The van der Waals surface area contributed by atoms with E-state index in [-0.39, 0.29) is 11.8 Å². The molecule has 0 aromatic rings. The van der Waals surface area contributed by atoms with Crippen LogP contribution < -0.4 is 0 Å². The van der Waals surface area contributed by atoms with Crippen molar-refractivity contribution in [2.45, 2.75) is 64.2 Å². The van der Waals surface area contributed by atoms with Crippen molar-refractivity contribution in [3.63, 3.8) is 0 Å². The van der Waals surface area contributed by atoms with Gasteiger partial charge in [-0.2, -0.15) is 0 Å². The number of hydrogen-bond donors (Lipinski definition) is 2. The van der Waals surface area contributed by atoms with Crippen molar-refractivity contribution < 1.29 is 19.8 Å². The van der Waals surface area contributed by atoms with Crippen molar-refractivity contribution in [2.75, 3.05) is 0 Å². The Kier molecular flexibility index (Phi) is 6.76. The first kappa shape index (κ1) is 15.0. The van der Waals surface area contributed by atoms with Crippen molar-refractivity contribution in [3.8, 4) is 0 Å². The SMILES string of the molecule is O=C(O)C1CCCCCCCCC(C(=O)O)CC1. The van der Waals surface area contributed by atoms with E-state index in [1.807, 2.05) is 0 Å². The minimum atomic E-state index is -0.767. The van der Waals surface area contributed by atoms with Crippen LogP contribution in [0.1, 0.15) is 64.2 Å². The van der Waals surface area contributed by atoms with Gasteiger partial charge in [-0.3, -0.25) is 9.59 Å². The van der Waals surface area contributed by atoms with Crippen LogP contribution in [0.25, 0.3) is 0 Å². The Hall–Kier alpha value is -1.06. The maximum atomic E-state index is 11.1. The fraction of sp³-hybridized carbons (Fsp3) is 0.857. The topological polar surface area (TPSA) is 74.6 Å². The Balaban J connectivity index is 2.54. The van der Waals surface area contributed by atoms with E-state index in [0.29, 0.717) is 25.7 Å². The van der Waals surface area contributed by atoms with Crippen molar-refractivity contribution >= 4 is 11.9 Å². The average molecular weight is 256 g/mol. The van der Waals surface area contributed by atoms with Crippen LogP contribution in [0.2, 0.25) is 0 Å². The molecule has 2 atom stereocenters. The first-order valence-electron chi connectivity index (χ1n) is 7.07. The zero-order valence-corrected chi connectivity index (χ0v) is 10.9. The molecule has 0 saturated heterocycles. The van der Waals surface area contributed by atoms with E-state index >= 15 is 0 Å².